The fourth-order valence-corrected chi connectivity index (χ4v) is 3.78. The molecule has 0 unspecified atom stereocenters. The molecule has 0 atom stereocenters. The molecule has 0 saturated carbocycles. The molecule has 6 heteroatoms. The lowest BCUT2D eigenvalue weighted by atomic mass is 10.2. The number of benzene rings is 2. The Morgan fingerprint density at radius 1 is 1.12 bits per heavy atom. The number of fused-ring (bicyclic) bond motifs is 1. The van der Waals surface area contributed by atoms with E-state index in [1.807, 2.05) is 78.3 Å². The maximum Gasteiger partial charge on any atom is 0.285 e. The highest BCUT2D eigenvalue weighted by molar-refractivity contribution is 7.20. The first-order valence-electron chi connectivity index (χ1n) is 8.23. The summed E-state index contributed by atoms with van der Waals surface area (Å²) in [5.41, 5.74) is 5.38. The lowest BCUT2D eigenvalue weighted by Crippen LogP contribution is -2.22. The second-order valence-electron chi connectivity index (χ2n) is 5.87. The highest BCUT2D eigenvalue weighted by Gasteiger charge is 2.17. The molecule has 0 aliphatic rings. The van der Waals surface area contributed by atoms with E-state index in [0.29, 0.717) is 11.5 Å². The average molecular weight is 363 g/mol. The van der Waals surface area contributed by atoms with Gasteiger partial charge < -0.3 is 0 Å². The summed E-state index contributed by atoms with van der Waals surface area (Å²) in [6, 6.07) is 21.5. The van der Waals surface area contributed by atoms with Crippen LogP contribution in [0.25, 0.3) is 15.9 Å². The number of aromatic nitrogens is 2. The van der Waals surface area contributed by atoms with Gasteiger partial charge in [0.15, 0.2) is 0 Å². The number of aryl methyl sites for hydroxylation is 1. The molecule has 0 aliphatic heterocycles. The van der Waals surface area contributed by atoms with E-state index >= 15 is 0 Å². The van der Waals surface area contributed by atoms with E-state index in [0.717, 1.165) is 27.2 Å². The zero-order valence-electron chi connectivity index (χ0n) is 14.2. The molecular weight excluding hydrogens is 346 g/mol. The van der Waals surface area contributed by atoms with Gasteiger partial charge in [-0.15, -0.1) is 11.3 Å². The van der Waals surface area contributed by atoms with E-state index in [4.69, 9.17) is 4.84 Å². The van der Waals surface area contributed by atoms with Gasteiger partial charge in [0, 0.05) is 5.39 Å². The van der Waals surface area contributed by atoms with Crippen molar-refractivity contribution in [2.75, 3.05) is 0 Å². The number of hydroxylamine groups is 1. The topological polar surface area (TPSA) is 56.2 Å². The molecule has 4 aromatic rings. The van der Waals surface area contributed by atoms with Gasteiger partial charge in [0.2, 0.25) is 0 Å². The van der Waals surface area contributed by atoms with Crippen molar-refractivity contribution in [1.82, 2.24) is 15.3 Å². The minimum absolute atomic E-state index is 0.249. The van der Waals surface area contributed by atoms with Crippen molar-refractivity contribution in [2.24, 2.45) is 0 Å². The summed E-state index contributed by atoms with van der Waals surface area (Å²) in [5.74, 6) is -0.249. The molecule has 2 heterocycles. The Hall–Kier alpha value is -2.96. The van der Waals surface area contributed by atoms with Gasteiger partial charge in [0.25, 0.3) is 5.91 Å². The van der Waals surface area contributed by atoms with Gasteiger partial charge in [0.05, 0.1) is 22.9 Å². The molecule has 2 aromatic carbocycles. The molecule has 0 radical (unpaired) electrons. The van der Waals surface area contributed by atoms with Crippen LogP contribution in [0, 0.1) is 6.92 Å². The Morgan fingerprint density at radius 2 is 1.81 bits per heavy atom. The number of hydrogen-bond acceptors (Lipinski definition) is 4. The summed E-state index contributed by atoms with van der Waals surface area (Å²) < 4.78 is 1.87. The highest BCUT2D eigenvalue weighted by Crippen LogP contribution is 2.30. The molecule has 1 amide bonds. The predicted octanol–water partition coefficient (Wildman–Crippen LogP) is 4.26. The molecule has 5 nitrogen and oxygen atoms in total. The predicted molar refractivity (Wildman–Crippen MR) is 102 cm³/mol. The second-order valence-corrected chi connectivity index (χ2v) is 6.90. The van der Waals surface area contributed by atoms with E-state index in [-0.39, 0.29) is 5.91 Å². The lowest BCUT2D eigenvalue weighted by molar-refractivity contribution is 0.0237. The summed E-state index contributed by atoms with van der Waals surface area (Å²) >= 11 is 1.40. The van der Waals surface area contributed by atoms with Crippen molar-refractivity contribution in [3.63, 3.8) is 0 Å². The normalized spacial score (nSPS) is 11.0. The monoisotopic (exact) mass is 363 g/mol. The van der Waals surface area contributed by atoms with Crippen molar-refractivity contribution >= 4 is 27.5 Å². The van der Waals surface area contributed by atoms with Crippen molar-refractivity contribution in [2.45, 2.75) is 13.5 Å². The Labute approximate surface area is 154 Å². The molecule has 0 fully saturated rings. The summed E-state index contributed by atoms with van der Waals surface area (Å²) in [4.78, 5) is 19.3. The number of carbonyl (C=O) groups excluding carboxylic acids is 1. The second kappa shape index (κ2) is 7.11. The van der Waals surface area contributed by atoms with Gasteiger partial charge in [-0.25, -0.2) is 10.2 Å². The van der Waals surface area contributed by atoms with Gasteiger partial charge >= 0.3 is 0 Å². The van der Waals surface area contributed by atoms with Gasteiger partial charge in [-0.05, 0) is 30.7 Å². The third-order valence-corrected chi connectivity index (χ3v) is 5.13. The van der Waals surface area contributed by atoms with Gasteiger partial charge in [0.1, 0.15) is 4.83 Å². The van der Waals surface area contributed by atoms with Crippen LogP contribution >= 0.6 is 11.3 Å². The number of thiophene rings is 1. The summed E-state index contributed by atoms with van der Waals surface area (Å²) in [6.07, 6.45) is 0. The first-order chi connectivity index (χ1) is 12.7. The fourth-order valence-electron chi connectivity index (χ4n) is 2.71. The van der Waals surface area contributed by atoms with E-state index in [2.05, 4.69) is 10.6 Å². The van der Waals surface area contributed by atoms with Gasteiger partial charge in [-0.1, -0.05) is 48.5 Å². The standard InChI is InChI=1S/C20H17N3O2S/c1-14-17-12-18(19(24)22-25-13-15-8-4-2-5-9-15)26-20(17)23(21-14)16-10-6-3-7-11-16/h2-12H,13H2,1H3,(H,22,24). The van der Waals surface area contributed by atoms with E-state index in [1.165, 1.54) is 11.3 Å². The number of rotatable bonds is 5. The van der Waals surface area contributed by atoms with E-state index < -0.39 is 0 Å². The van der Waals surface area contributed by atoms with Crippen molar-refractivity contribution in [1.29, 1.82) is 0 Å². The largest absolute Gasteiger partial charge is 0.285 e. The number of hydrogen-bond donors (Lipinski definition) is 1. The van der Waals surface area contributed by atoms with Crippen LogP contribution in [0.3, 0.4) is 0 Å². The van der Waals surface area contributed by atoms with E-state index in [1.54, 1.807) is 0 Å². The number of nitrogens with one attached hydrogen (secondary N) is 1. The average Bonchev–Trinajstić information content (AvgIpc) is 3.24. The van der Waals surface area contributed by atoms with Crippen LogP contribution in [-0.2, 0) is 11.4 Å². The molecular formula is C20H17N3O2S. The number of para-hydroxylation sites is 1. The quantitative estimate of drug-likeness (QED) is 0.539. The molecule has 0 aliphatic carbocycles. The molecule has 0 saturated heterocycles. The lowest BCUT2D eigenvalue weighted by Gasteiger charge is -2.04. The number of carbonyl (C=O) groups is 1. The van der Waals surface area contributed by atoms with Gasteiger partial charge in [-0.2, -0.15) is 5.10 Å². The zero-order chi connectivity index (χ0) is 17.9. The van der Waals surface area contributed by atoms with Crippen molar-refractivity contribution in [3.05, 3.63) is 82.9 Å². The van der Waals surface area contributed by atoms with E-state index in [9.17, 15) is 4.79 Å². The smallest absolute Gasteiger partial charge is 0.269 e. The molecule has 2 aromatic heterocycles. The van der Waals surface area contributed by atoms with Crippen LogP contribution in [0.15, 0.2) is 66.7 Å². The number of nitrogens with zero attached hydrogens (tertiary/aromatic N) is 2. The zero-order valence-corrected chi connectivity index (χ0v) is 15.0. The highest BCUT2D eigenvalue weighted by atomic mass is 32.1. The molecule has 4 rings (SSSR count). The van der Waals surface area contributed by atoms with Gasteiger partial charge in [-0.3, -0.25) is 9.63 Å². The Kier molecular flexibility index (Phi) is 4.51. The Balaban J connectivity index is 1.53. The SMILES string of the molecule is Cc1nn(-c2ccccc2)c2sc(C(=O)NOCc3ccccc3)cc12. The minimum Gasteiger partial charge on any atom is -0.269 e. The summed E-state index contributed by atoms with van der Waals surface area (Å²) in [5, 5.41) is 5.57. The maximum absolute atomic E-state index is 12.4. The third-order valence-electron chi connectivity index (χ3n) is 4.02. The molecule has 1 N–H and O–H groups in total. The number of amides is 1. The summed E-state index contributed by atoms with van der Waals surface area (Å²) in [6.45, 7) is 2.27. The van der Waals surface area contributed by atoms with Crippen molar-refractivity contribution in [3.8, 4) is 5.69 Å². The summed E-state index contributed by atoms with van der Waals surface area (Å²) in [7, 11) is 0. The minimum atomic E-state index is -0.249. The molecule has 0 bridgehead atoms. The molecule has 26 heavy (non-hydrogen) atoms. The Bertz CT molecular complexity index is 1040. The van der Waals surface area contributed by atoms with Crippen LogP contribution in [0.5, 0.6) is 0 Å². The maximum atomic E-state index is 12.4. The van der Waals surface area contributed by atoms with Crippen LogP contribution < -0.4 is 5.48 Å². The Morgan fingerprint density at radius 3 is 2.54 bits per heavy atom. The fraction of sp³-hybridized carbons (Fsp3) is 0.100. The van der Waals surface area contributed by atoms with Crippen LogP contribution in [0.4, 0.5) is 0 Å². The molecule has 0 spiro atoms. The first kappa shape index (κ1) is 16.5. The van der Waals surface area contributed by atoms with Crippen molar-refractivity contribution < 1.29 is 9.63 Å². The first-order valence-corrected chi connectivity index (χ1v) is 9.04. The van der Waals surface area contributed by atoms with Crippen LogP contribution in [0.1, 0.15) is 20.9 Å². The van der Waals surface area contributed by atoms with Crippen LogP contribution in [-0.4, -0.2) is 15.7 Å². The third kappa shape index (κ3) is 3.24. The molecule has 130 valence electrons. The van der Waals surface area contributed by atoms with Crippen LogP contribution in [0.2, 0.25) is 0 Å².